The van der Waals surface area contributed by atoms with Crippen LogP contribution in [0.15, 0.2) is 33.9 Å². The fourth-order valence-electron chi connectivity index (χ4n) is 4.29. The number of aryl methyl sites for hydroxylation is 2. The van der Waals surface area contributed by atoms with Crippen molar-refractivity contribution >= 4 is 28.5 Å². The molecule has 3 heterocycles. The Hall–Kier alpha value is -2.78. The summed E-state index contributed by atoms with van der Waals surface area (Å²) in [6.45, 7) is 7.84. The molecule has 0 bridgehead atoms. The van der Waals surface area contributed by atoms with Crippen molar-refractivity contribution in [1.29, 1.82) is 0 Å². The average molecular weight is 475 g/mol. The highest BCUT2D eigenvalue weighted by atomic mass is 35.5. The van der Waals surface area contributed by atoms with Crippen molar-refractivity contribution in [3.05, 3.63) is 50.1 Å². The lowest BCUT2D eigenvalue weighted by molar-refractivity contribution is 0.244. The normalized spacial score (nSPS) is 14.8. The molecule has 0 saturated carbocycles. The molecule has 2 aromatic heterocycles. The molecule has 1 aliphatic heterocycles. The summed E-state index contributed by atoms with van der Waals surface area (Å²) in [5, 5.41) is 0.757. The molecular formula is C23H31ClN6O3. The van der Waals surface area contributed by atoms with Gasteiger partial charge in [0.25, 0.3) is 11.6 Å². The highest BCUT2D eigenvalue weighted by Gasteiger charge is 2.21. The van der Waals surface area contributed by atoms with E-state index in [-0.39, 0.29) is 5.56 Å². The molecule has 9 nitrogen and oxygen atoms in total. The molecule has 1 fully saturated rings. The Morgan fingerprint density at radius 2 is 1.82 bits per heavy atom. The summed E-state index contributed by atoms with van der Waals surface area (Å²) >= 11 is 6.14. The SMILES string of the molecule is CCCOc1nc2c(c(=O)n(C)c(=O)n2C)n1CCCN1CCN(c2cccc(Cl)c2)CC1. The van der Waals surface area contributed by atoms with Gasteiger partial charge in [0.1, 0.15) is 0 Å². The molecule has 1 aromatic carbocycles. The van der Waals surface area contributed by atoms with E-state index in [9.17, 15) is 9.59 Å². The Labute approximate surface area is 197 Å². The minimum atomic E-state index is -0.392. The van der Waals surface area contributed by atoms with E-state index in [0.29, 0.717) is 30.3 Å². The van der Waals surface area contributed by atoms with Crippen molar-refractivity contribution in [3.63, 3.8) is 0 Å². The molecule has 1 aliphatic rings. The third kappa shape index (κ3) is 4.79. The molecule has 10 heteroatoms. The number of imidazole rings is 1. The van der Waals surface area contributed by atoms with Crippen LogP contribution in [-0.2, 0) is 20.6 Å². The Bertz CT molecular complexity index is 1240. The molecule has 0 unspecified atom stereocenters. The predicted octanol–water partition coefficient (Wildman–Crippen LogP) is 2.09. The monoisotopic (exact) mass is 474 g/mol. The molecular weight excluding hydrogens is 444 g/mol. The maximum Gasteiger partial charge on any atom is 0.332 e. The van der Waals surface area contributed by atoms with E-state index in [1.165, 1.54) is 11.6 Å². The lowest BCUT2D eigenvalue weighted by Crippen LogP contribution is -2.46. The van der Waals surface area contributed by atoms with Gasteiger partial charge in [-0.3, -0.25) is 23.4 Å². The molecule has 0 amide bonds. The molecule has 0 atom stereocenters. The highest BCUT2D eigenvalue weighted by molar-refractivity contribution is 6.30. The third-order valence-electron chi connectivity index (χ3n) is 6.15. The maximum absolute atomic E-state index is 12.9. The van der Waals surface area contributed by atoms with Crippen molar-refractivity contribution in [1.82, 2.24) is 23.6 Å². The number of hydrogen-bond acceptors (Lipinski definition) is 6. The maximum atomic E-state index is 12.9. The van der Waals surface area contributed by atoms with Gasteiger partial charge in [-0.2, -0.15) is 4.98 Å². The second kappa shape index (κ2) is 10.0. The topological polar surface area (TPSA) is 77.5 Å². The summed E-state index contributed by atoms with van der Waals surface area (Å²) in [5.41, 5.74) is 1.20. The van der Waals surface area contributed by atoms with Crippen LogP contribution in [0.25, 0.3) is 11.2 Å². The van der Waals surface area contributed by atoms with E-state index in [4.69, 9.17) is 16.3 Å². The summed E-state index contributed by atoms with van der Waals surface area (Å²) in [7, 11) is 3.12. The minimum absolute atomic E-state index is 0.345. The van der Waals surface area contributed by atoms with Gasteiger partial charge in [-0.1, -0.05) is 24.6 Å². The Kier molecular flexibility index (Phi) is 7.09. The molecule has 0 radical (unpaired) electrons. The van der Waals surface area contributed by atoms with Gasteiger partial charge in [-0.15, -0.1) is 0 Å². The number of ether oxygens (including phenoxy) is 1. The molecule has 4 rings (SSSR count). The van der Waals surface area contributed by atoms with E-state index < -0.39 is 5.69 Å². The molecule has 3 aromatic rings. The van der Waals surface area contributed by atoms with Crippen LogP contribution in [0.4, 0.5) is 5.69 Å². The van der Waals surface area contributed by atoms with Crippen molar-refractivity contribution in [2.75, 3.05) is 44.2 Å². The van der Waals surface area contributed by atoms with Crippen LogP contribution in [0.1, 0.15) is 19.8 Å². The van der Waals surface area contributed by atoms with Crippen LogP contribution in [0.5, 0.6) is 6.01 Å². The van der Waals surface area contributed by atoms with E-state index >= 15 is 0 Å². The summed E-state index contributed by atoms with van der Waals surface area (Å²) in [4.78, 5) is 34.5. The smallest absolute Gasteiger partial charge is 0.332 e. The van der Waals surface area contributed by atoms with E-state index in [1.807, 2.05) is 29.7 Å². The van der Waals surface area contributed by atoms with Crippen LogP contribution < -0.4 is 20.9 Å². The van der Waals surface area contributed by atoms with Crippen LogP contribution in [0.3, 0.4) is 0 Å². The number of rotatable bonds is 8. The summed E-state index contributed by atoms with van der Waals surface area (Å²) < 4.78 is 10.2. The molecule has 0 N–H and O–H groups in total. The lowest BCUT2D eigenvalue weighted by atomic mass is 10.2. The van der Waals surface area contributed by atoms with Gasteiger partial charge >= 0.3 is 5.69 Å². The standard InChI is InChI=1S/C23H31ClN6O3/c1-4-15-33-22-25-20-19(21(31)27(3)23(32)26(20)2)30(22)10-6-9-28-11-13-29(14-12-28)18-8-5-7-17(24)16-18/h5,7-8,16H,4,6,9-15H2,1-3H3. The zero-order valence-corrected chi connectivity index (χ0v) is 20.2. The second-order valence-corrected chi connectivity index (χ2v) is 8.87. The first-order valence-electron chi connectivity index (χ1n) is 11.4. The molecule has 178 valence electrons. The number of nitrogens with zero attached hydrogens (tertiary/aromatic N) is 6. The first kappa shape index (κ1) is 23.4. The van der Waals surface area contributed by atoms with Gasteiger partial charge in [-0.25, -0.2) is 4.79 Å². The summed E-state index contributed by atoms with van der Waals surface area (Å²) in [6, 6.07) is 8.38. The number of fused-ring (bicyclic) bond motifs is 1. The molecule has 0 aliphatic carbocycles. The Morgan fingerprint density at radius 3 is 2.52 bits per heavy atom. The van der Waals surface area contributed by atoms with Gasteiger partial charge in [0.2, 0.25) is 0 Å². The highest BCUT2D eigenvalue weighted by Crippen LogP contribution is 2.21. The Balaban J connectivity index is 1.45. The minimum Gasteiger partial charge on any atom is -0.465 e. The van der Waals surface area contributed by atoms with Crippen LogP contribution in [-0.4, -0.2) is 62.9 Å². The number of piperazine rings is 1. The third-order valence-corrected chi connectivity index (χ3v) is 6.39. The quantitative estimate of drug-likeness (QED) is 0.497. The number of hydrogen-bond donors (Lipinski definition) is 0. The fourth-order valence-corrected chi connectivity index (χ4v) is 4.48. The zero-order valence-electron chi connectivity index (χ0n) is 19.5. The van der Waals surface area contributed by atoms with Gasteiger partial charge in [0, 0.05) is 57.5 Å². The van der Waals surface area contributed by atoms with Crippen molar-refractivity contribution in [3.8, 4) is 6.01 Å². The Morgan fingerprint density at radius 1 is 1.06 bits per heavy atom. The first-order valence-corrected chi connectivity index (χ1v) is 11.8. The summed E-state index contributed by atoms with van der Waals surface area (Å²) in [5.74, 6) is 0. The fraction of sp³-hybridized carbons (Fsp3) is 0.522. The first-order chi connectivity index (χ1) is 15.9. The van der Waals surface area contributed by atoms with E-state index in [0.717, 1.165) is 60.8 Å². The van der Waals surface area contributed by atoms with Crippen LogP contribution >= 0.6 is 11.6 Å². The van der Waals surface area contributed by atoms with Gasteiger partial charge in [0.05, 0.1) is 6.61 Å². The van der Waals surface area contributed by atoms with Crippen molar-refractivity contribution in [2.24, 2.45) is 14.1 Å². The zero-order chi connectivity index (χ0) is 23.5. The number of aromatic nitrogens is 4. The number of anilines is 1. The number of halogens is 1. The van der Waals surface area contributed by atoms with E-state index in [2.05, 4.69) is 20.9 Å². The van der Waals surface area contributed by atoms with Crippen molar-refractivity contribution < 1.29 is 4.74 Å². The molecule has 1 saturated heterocycles. The van der Waals surface area contributed by atoms with Crippen LogP contribution in [0.2, 0.25) is 5.02 Å². The summed E-state index contributed by atoms with van der Waals surface area (Å²) in [6.07, 6.45) is 1.67. The average Bonchev–Trinajstić information content (AvgIpc) is 3.19. The predicted molar refractivity (Wildman–Crippen MR) is 131 cm³/mol. The molecule has 33 heavy (non-hydrogen) atoms. The van der Waals surface area contributed by atoms with E-state index in [1.54, 1.807) is 7.05 Å². The number of benzene rings is 1. The van der Waals surface area contributed by atoms with Gasteiger partial charge in [-0.05, 0) is 37.6 Å². The van der Waals surface area contributed by atoms with Crippen LogP contribution in [0, 0.1) is 0 Å². The van der Waals surface area contributed by atoms with Gasteiger partial charge in [0.15, 0.2) is 11.2 Å². The van der Waals surface area contributed by atoms with Crippen molar-refractivity contribution in [2.45, 2.75) is 26.3 Å². The van der Waals surface area contributed by atoms with Gasteiger partial charge < -0.3 is 9.64 Å². The molecule has 0 spiro atoms. The second-order valence-electron chi connectivity index (χ2n) is 8.43. The lowest BCUT2D eigenvalue weighted by Gasteiger charge is -2.36. The largest absolute Gasteiger partial charge is 0.465 e.